The number of hydrogen-bond acceptors (Lipinski definition) is 2. The molecule has 8 aromatic carbocycles. The van der Waals surface area contributed by atoms with E-state index in [1.165, 1.54) is 136 Å². The molecule has 5 aliphatic carbocycles. The molecule has 5 atom stereocenters. The van der Waals surface area contributed by atoms with Crippen molar-refractivity contribution in [2.45, 2.75) is 115 Å². The van der Waals surface area contributed by atoms with Gasteiger partial charge in [0, 0.05) is 33.6 Å². The molecule has 72 heavy (non-hydrogen) atoms. The number of rotatable bonds is 12. The third kappa shape index (κ3) is 7.09. The fourth-order valence-electron chi connectivity index (χ4n) is 15.7. The Morgan fingerprint density at radius 2 is 1.08 bits per heavy atom. The number of anilines is 6. The zero-order chi connectivity index (χ0) is 48.6. The number of nitrogens with zero attached hydrogens (tertiary/aromatic N) is 2. The molecule has 2 heteroatoms. The van der Waals surface area contributed by atoms with Crippen molar-refractivity contribution in [2.75, 3.05) is 9.80 Å². The molecular weight excluding hydrogens is 869 g/mol. The zero-order valence-electron chi connectivity index (χ0n) is 43.0. The van der Waals surface area contributed by atoms with Crippen LogP contribution in [0.1, 0.15) is 130 Å². The fraction of sp³-hybridized carbons (Fsp3) is 0.314. The predicted molar refractivity (Wildman–Crippen MR) is 303 cm³/mol. The molecule has 0 radical (unpaired) electrons. The Hall–Kier alpha value is -6.64. The molecule has 0 N–H and O–H groups in total. The van der Waals surface area contributed by atoms with Crippen LogP contribution in [-0.2, 0) is 23.7 Å². The van der Waals surface area contributed by atoms with Gasteiger partial charge >= 0.3 is 0 Å². The second kappa shape index (κ2) is 18.1. The Morgan fingerprint density at radius 1 is 0.500 bits per heavy atom. The lowest BCUT2D eigenvalue weighted by atomic mass is 9.68. The maximum absolute atomic E-state index is 2.73. The highest BCUT2D eigenvalue weighted by molar-refractivity contribution is 5.95. The average molecular weight is 939 g/mol. The van der Waals surface area contributed by atoms with E-state index in [0.717, 1.165) is 24.7 Å². The Balaban J connectivity index is 0.985. The smallest absolute Gasteiger partial charge is 0.0505 e. The molecule has 360 valence electrons. The molecule has 2 saturated carbocycles. The molecule has 0 heterocycles. The van der Waals surface area contributed by atoms with Gasteiger partial charge in [0.05, 0.1) is 11.4 Å². The Labute approximate surface area is 429 Å². The number of para-hydroxylation sites is 3. The van der Waals surface area contributed by atoms with E-state index in [9.17, 15) is 0 Å². The van der Waals surface area contributed by atoms with Gasteiger partial charge in [0.1, 0.15) is 0 Å². The predicted octanol–water partition coefficient (Wildman–Crippen LogP) is 19.1. The maximum Gasteiger partial charge on any atom is 0.0505 e. The third-order valence-electron chi connectivity index (χ3n) is 18.9. The Kier molecular flexibility index (Phi) is 11.4. The van der Waals surface area contributed by atoms with Crippen LogP contribution in [0.2, 0.25) is 0 Å². The lowest BCUT2D eigenvalue weighted by Gasteiger charge is -2.41. The van der Waals surface area contributed by atoms with Crippen LogP contribution in [0.15, 0.2) is 188 Å². The van der Waals surface area contributed by atoms with E-state index >= 15 is 0 Å². The van der Waals surface area contributed by atoms with Crippen molar-refractivity contribution in [1.82, 2.24) is 0 Å². The van der Waals surface area contributed by atoms with E-state index in [-0.39, 0.29) is 10.8 Å². The summed E-state index contributed by atoms with van der Waals surface area (Å²) < 4.78 is 0. The number of benzene rings is 8. The molecule has 5 unspecified atom stereocenters. The summed E-state index contributed by atoms with van der Waals surface area (Å²) in [5, 5.41) is 0. The van der Waals surface area contributed by atoms with Gasteiger partial charge in [0.2, 0.25) is 0 Å². The van der Waals surface area contributed by atoms with Crippen molar-refractivity contribution < 1.29 is 0 Å². The van der Waals surface area contributed by atoms with Gasteiger partial charge in [-0.05, 0) is 190 Å². The van der Waals surface area contributed by atoms with Gasteiger partial charge in [-0.25, -0.2) is 0 Å². The van der Waals surface area contributed by atoms with Crippen LogP contribution in [-0.4, -0.2) is 0 Å². The molecule has 8 aromatic rings. The molecule has 0 aliphatic heterocycles. The van der Waals surface area contributed by atoms with E-state index < -0.39 is 0 Å². The summed E-state index contributed by atoms with van der Waals surface area (Å²) in [5.74, 6) is 3.24. The van der Waals surface area contributed by atoms with E-state index in [1.54, 1.807) is 16.7 Å². The second-order valence-electron chi connectivity index (χ2n) is 22.9. The molecule has 2 nitrogen and oxygen atoms in total. The van der Waals surface area contributed by atoms with Gasteiger partial charge in [-0.3, -0.25) is 0 Å². The fourth-order valence-corrected chi connectivity index (χ4v) is 15.7. The summed E-state index contributed by atoms with van der Waals surface area (Å²) in [5.41, 5.74) is 23.4. The molecule has 0 bridgehead atoms. The number of hydrogen-bond donors (Lipinski definition) is 0. The standard InChI is InChI=1S/C70H70N2/c1-5-47(6-2)42-48-22-18-25-50(43-48)58-32-16-17-35-63(58)72(56-30-14-9-15-31-56)65-37-20-27-52-45-54-39-38-53-44-51-26-19-36-64(67(51)70(53,54)68(52)65)71(55-28-12-8-13-29-55)57-40-41-60-62(46-57)69(3,4)61-34-21-33-59(66(60)61)49-23-10-7-11-24-49/h7-17,19-21,23-24,26-37,40-41,46-48,50,53-54H,5-6,18,22,25,38-39,42-45H2,1-4H3. The first-order valence-electron chi connectivity index (χ1n) is 27.8. The first-order chi connectivity index (χ1) is 35.4. The van der Waals surface area contributed by atoms with Gasteiger partial charge in [0.15, 0.2) is 0 Å². The van der Waals surface area contributed by atoms with Crippen LogP contribution < -0.4 is 9.80 Å². The van der Waals surface area contributed by atoms with Gasteiger partial charge < -0.3 is 9.80 Å². The van der Waals surface area contributed by atoms with Crippen molar-refractivity contribution in [3.05, 3.63) is 227 Å². The molecule has 0 aromatic heterocycles. The molecule has 2 fully saturated rings. The van der Waals surface area contributed by atoms with Gasteiger partial charge in [0.25, 0.3) is 0 Å². The van der Waals surface area contributed by atoms with Crippen molar-refractivity contribution in [1.29, 1.82) is 0 Å². The topological polar surface area (TPSA) is 6.48 Å². The van der Waals surface area contributed by atoms with Crippen molar-refractivity contribution in [3.63, 3.8) is 0 Å². The van der Waals surface area contributed by atoms with Crippen LogP contribution in [0.5, 0.6) is 0 Å². The molecule has 5 aliphatic rings. The largest absolute Gasteiger partial charge is 0.310 e. The highest BCUT2D eigenvalue weighted by Gasteiger charge is 2.62. The van der Waals surface area contributed by atoms with Gasteiger partial charge in [-0.15, -0.1) is 0 Å². The molecule has 0 amide bonds. The van der Waals surface area contributed by atoms with Crippen molar-refractivity contribution in [2.24, 2.45) is 23.7 Å². The summed E-state index contributed by atoms with van der Waals surface area (Å²) in [4.78, 5) is 5.37. The minimum Gasteiger partial charge on any atom is -0.310 e. The quantitative estimate of drug-likeness (QED) is 0.120. The first-order valence-corrected chi connectivity index (χ1v) is 27.8. The van der Waals surface area contributed by atoms with Crippen LogP contribution in [0, 0.1) is 23.7 Å². The molecule has 13 rings (SSSR count). The summed E-state index contributed by atoms with van der Waals surface area (Å²) in [7, 11) is 0. The van der Waals surface area contributed by atoms with E-state index in [1.807, 2.05) is 0 Å². The van der Waals surface area contributed by atoms with Gasteiger partial charge in [-0.2, -0.15) is 0 Å². The second-order valence-corrected chi connectivity index (χ2v) is 22.9. The lowest BCUT2D eigenvalue weighted by molar-refractivity contribution is 0.258. The summed E-state index contributed by atoms with van der Waals surface area (Å²) in [6.07, 6.45) is 14.0. The van der Waals surface area contributed by atoms with Crippen molar-refractivity contribution >= 4 is 34.1 Å². The van der Waals surface area contributed by atoms with Crippen LogP contribution in [0.4, 0.5) is 34.1 Å². The van der Waals surface area contributed by atoms with Crippen LogP contribution in [0.25, 0.3) is 22.3 Å². The summed E-state index contributed by atoms with van der Waals surface area (Å²) in [6.45, 7) is 9.67. The van der Waals surface area contributed by atoms with Crippen molar-refractivity contribution in [3.8, 4) is 22.3 Å². The third-order valence-corrected chi connectivity index (χ3v) is 18.9. The maximum atomic E-state index is 2.73. The SMILES string of the molecule is CCC(CC)CC1CCCC(c2ccccc2N(c2ccccc2)c2cccc3c2C24c5c(cccc5N(c5ccccc5)c5ccc6c(c5)C(C)(C)c5cccc(-c7ccccc7)c5-6)CC2CCC4C3)C1. The van der Waals surface area contributed by atoms with E-state index in [4.69, 9.17) is 0 Å². The monoisotopic (exact) mass is 939 g/mol. The Bertz CT molecular complexity index is 3270. The van der Waals surface area contributed by atoms with Gasteiger partial charge in [-0.1, -0.05) is 187 Å². The summed E-state index contributed by atoms with van der Waals surface area (Å²) in [6, 6.07) is 72.4. The summed E-state index contributed by atoms with van der Waals surface area (Å²) >= 11 is 0. The number of fused-ring (bicyclic) bond motifs is 5. The normalized spacial score (nSPS) is 21.9. The Morgan fingerprint density at radius 3 is 1.75 bits per heavy atom. The molecular formula is C70H70N2. The lowest BCUT2D eigenvalue weighted by Crippen LogP contribution is -2.35. The minimum absolute atomic E-state index is 0.130. The minimum atomic E-state index is -0.171. The van der Waals surface area contributed by atoms with Crippen LogP contribution in [0.3, 0.4) is 0 Å². The van der Waals surface area contributed by atoms with E-state index in [2.05, 4.69) is 226 Å². The molecule has 0 saturated heterocycles. The van der Waals surface area contributed by atoms with Crippen LogP contribution >= 0.6 is 0 Å². The van der Waals surface area contributed by atoms with E-state index in [0.29, 0.717) is 17.8 Å². The first kappa shape index (κ1) is 45.2. The highest BCUT2D eigenvalue weighted by Crippen LogP contribution is 2.69. The highest BCUT2D eigenvalue weighted by atomic mass is 15.2. The average Bonchev–Trinajstić information content (AvgIpc) is 4.14. The zero-order valence-corrected chi connectivity index (χ0v) is 43.0. The molecule has 1 spiro atoms.